The Morgan fingerprint density at radius 2 is 2.25 bits per heavy atom. The molecule has 0 radical (unpaired) electrons. The van der Waals surface area contributed by atoms with Gasteiger partial charge in [0.1, 0.15) is 0 Å². The quantitative estimate of drug-likeness (QED) is 0.710. The van der Waals surface area contributed by atoms with Crippen LogP contribution >= 0.6 is 0 Å². The highest BCUT2D eigenvalue weighted by molar-refractivity contribution is 5.94. The molecule has 1 atom stereocenters. The maximum absolute atomic E-state index is 12.2. The highest BCUT2D eigenvalue weighted by Crippen LogP contribution is 2.10. The Bertz CT molecular complexity index is 384. The van der Waals surface area contributed by atoms with Crippen LogP contribution in [0.5, 0.6) is 0 Å². The molecule has 0 fully saturated rings. The first-order chi connectivity index (χ1) is 7.60. The van der Waals surface area contributed by atoms with E-state index in [9.17, 15) is 4.79 Å². The van der Waals surface area contributed by atoms with Crippen molar-refractivity contribution in [3.05, 3.63) is 48.0 Å². The van der Waals surface area contributed by atoms with Gasteiger partial charge in [0.05, 0.1) is 0 Å². The molecule has 1 unspecified atom stereocenters. The van der Waals surface area contributed by atoms with E-state index < -0.39 is 0 Å². The van der Waals surface area contributed by atoms with E-state index in [2.05, 4.69) is 6.58 Å². The van der Waals surface area contributed by atoms with Gasteiger partial charge in [0.15, 0.2) is 0 Å². The summed E-state index contributed by atoms with van der Waals surface area (Å²) in [6, 6.07) is 7.74. The summed E-state index contributed by atoms with van der Waals surface area (Å²) in [6.45, 7) is 10.4. The molecule has 0 aliphatic carbocycles. The first kappa shape index (κ1) is 12.5. The molecule has 0 saturated carbocycles. The number of amides is 1. The van der Waals surface area contributed by atoms with Gasteiger partial charge in [-0.25, -0.2) is 0 Å². The van der Waals surface area contributed by atoms with Gasteiger partial charge in [-0.05, 0) is 32.9 Å². The van der Waals surface area contributed by atoms with Crippen molar-refractivity contribution >= 4 is 5.91 Å². The van der Waals surface area contributed by atoms with Gasteiger partial charge in [0.2, 0.25) is 0 Å². The molecule has 0 saturated heterocycles. The van der Waals surface area contributed by atoms with Crippen LogP contribution in [0.4, 0.5) is 0 Å². The van der Waals surface area contributed by atoms with Crippen LogP contribution in [0.3, 0.4) is 0 Å². The van der Waals surface area contributed by atoms with E-state index in [0.29, 0.717) is 6.54 Å². The highest BCUT2D eigenvalue weighted by atomic mass is 16.2. The largest absolute Gasteiger partial charge is 0.333 e. The van der Waals surface area contributed by atoms with E-state index in [1.54, 1.807) is 6.08 Å². The maximum atomic E-state index is 12.2. The zero-order chi connectivity index (χ0) is 12.1. The predicted molar refractivity (Wildman–Crippen MR) is 67.5 cm³/mol. The molecule has 16 heavy (non-hydrogen) atoms. The van der Waals surface area contributed by atoms with Crippen molar-refractivity contribution in [2.75, 3.05) is 6.54 Å². The van der Waals surface area contributed by atoms with Crippen LogP contribution in [0.1, 0.15) is 29.8 Å². The first-order valence-corrected chi connectivity index (χ1v) is 5.60. The molecule has 1 amide bonds. The minimum atomic E-state index is 0.0676. The Morgan fingerprint density at radius 3 is 2.75 bits per heavy atom. The number of aryl methyl sites for hydroxylation is 1. The number of benzene rings is 1. The van der Waals surface area contributed by atoms with Crippen molar-refractivity contribution in [2.45, 2.75) is 26.8 Å². The van der Waals surface area contributed by atoms with Gasteiger partial charge in [-0.1, -0.05) is 23.8 Å². The van der Waals surface area contributed by atoms with Crippen LogP contribution in [0.2, 0.25) is 0 Å². The van der Waals surface area contributed by atoms with Crippen LogP contribution in [-0.2, 0) is 0 Å². The Morgan fingerprint density at radius 1 is 1.56 bits per heavy atom. The summed E-state index contributed by atoms with van der Waals surface area (Å²) in [5.41, 5.74) is 1.85. The number of likely N-dealkylation sites (N-methyl/N-ethyl adjacent to an activating group) is 1. The van der Waals surface area contributed by atoms with Gasteiger partial charge in [-0.3, -0.25) is 4.79 Å². The molecule has 2 heteroatoms. The predicted octanol–water partition coefficient (Wildman–Crippen LogP) is 3.03. The fourth-order valence-electron chi connectivity index (χ4n) is 1.69. The van der Waals surface area contributed by atoms with E-state index in [0.717, 1.165) is 11.1 Å². The summed E-state index contributed by atoms with van der Waals surface area (Å²) in [7, 11) is 0. The van der Waals surface area contributed by atoms with Crippen molar-refractivity contribution in [3.8, 4) is 0 Å². The van der Waals surface area contributed by atoms with Crippen molar-refractivity contribution < 1.29 is 4.79 Å². The second-order valence-corrected chi connectivity index (χ2v) is 3.94. The van der Waals surface area contributed by atoms with E-state index in [4.69, 9.17) is 0 Å². The molecular formula is C14H19NO. The van der Waals surface area contributed by atoms with Crippen LogP contribution < -0.4 is 0 Å². The molecule has 86 valence electrons. The number of carbonyl (C=O) groups excluding carboxylic acids is 1. The number of nitrogens with zero attached hydrogens (tertiary/aromatic N) is 1. The Labute approximate surface area is 97.6 Å². The van der Waals surface area contributed by atoms with E-state index in [1.165, 1.54) is 0 Å². The van der Waals surface area contributed by atoms with Crippen molar-refractivity contribution in [2.24, 2.45) is 0 Å². The Balaban J connectivity index is 2.95. The average molecular weight is 217 g/mol. The minimum Gasteiger partial charge on any atom is -0.333 e. The van der Waals surface area contributed by atoms with Crippen LogP contribution in [0.15, 0.2) is 36.9 Å². The number of hydrogen-bond acceptors (Lipinski definition) is 1. The zero-order valence-corrected chi connectivity index (χ0v) is 10.2. The smallest absolute Gasteiger partial charge is 0.254 e. The molecule has 0 aliphatic rings. The molecular weight excluding hydrogens is 198 g/mol. The fraction of sp³-hybridized carbons (Fsp3) is 0.357. The number of rotatable bonds is 4. The Kier molecular flexibility index (Phi) is 4.29. The molecule has 0 heterocycles. The summed E-state index contributed by atoms with van der Waals surface area (Å²) >= 11 is 0. The van der Waals surface area contributed by atoms with Crippen LogP contribution in [-0.4, -0.2) is 23.4 Å². The molecule has 2 nitrogen and oxygen atoms in total. The van der Waals surface area contributed by atoms with Gasteiger partial charge in [0, 0.05) is 18.2 Å². The van der Waals surface area contributed by atoms with Crippen LogP contribution in [0.25, 0.3) is 0 Å². The lowest BCUT2D eigenvalue weighted by molar-refractivity contribution is 0.0734. The summed E-state index contributed by atoms with van der Waals surface area (Å²) in [5, 5.41) is 0. The number of hydrogen-bond donors (Lipinski definition) is 0. The lowest BCUT2D eigenvalue weighted by Crippen LogP contribution is -2.37. The topological polar surface area (TPSA) is 20.3 Å². The molecule has 0 aromatic heterocycles. The Hall–Kier alpha value is -1.57. The molecule has 0 spiro atoms. The standard InChI is InChI=1S/C14H19NO/c1-5-12(4)15(6-2)14(16)13-9-7-8-11(3)10-13/h5,7-10,12H,1,6H2,2-4H3. The van der Waals surface area contributed by atoms with E-state index >= 15 is 0 Å². The highest BCUT2D eigenvalue weighted by Gasteiger charge is 2.17. The molecule has 0 N–H and O–H groups in total. The minimum absolute atomic E-state index is 0.0676. The van der Waals surface area contributed by atoms with Gasteiger partial charge in [-0.15, -0.1) is 6.58 Å². The van der Waals surface area contributed by atoms with E-state index in [1.807, 2.05) is 49.9 Å². The third-order valence-electron chi connectivity index (χ3n) is 2.70. The van der Waals surface area contributed by atoms with Gasteiger partial charge in [-0.2, -0.15) is 0 Å². The summed E-state index contributed by atoms with van der Waals surface area (Å²) < 4.78 is 0. The SMILES string of the molecule is C=CC(C)N(CC)C(=O)c1cccc(C)c1. The lowest BCUT2D eigenvalue weighted by Gasteiger charge is -2.25. The van der Waals surface area contributed by atoms with Gasteiger partial charge in [0.25, 0.3) is 5.91 Å². The van der Waals surface area contributed by atoms with Crippen molar-refractivity contribution in [1.29, 1.82) is 0 Å². The summed E-state index contributed by atoms with van der Waals surface area (Å²) in [4.78, 5) is 14.0. The third kappa shape index (κ3) is 2.72. The zero-order valence-electron chi connectivity index (χ0n) is 10.2. The second kappa shape index (κ2) is 5.50. The molecule has 0 bridgehead atoms. The maximum Gasteiger partial charge on any atom is 0.254 e. The molecule has 0 aliphatic heterocycles. The van der Waals surface area contributed by atoms with Gasteiger partial charge >= 0.3 is 0 Å². The molecule has 1 rings (SSSR count). The first-order valence-electron chi connectivity index (χ1n) is 5.60. The van der Waals surface area contributed by atoms with Gasteiger partial charge < -0.3 is 4.90 Å². The number of carbonyl (C=O) groups is 1. The van der Waals surface area contributed by atoms with E-state index in [-0.39, 0.29) is 11.9 Å². The lowest BCUT2D eigenvalue weighted by atomic mass is 10.1. The van der Waals surface area contributed by atoms with Crippen molar-refractivity contribution in [3.63, 3.8) is 0 Å². The van der Waals surface area contributed by atoms with Crippen molar-refractivity contribution in [1.82, 2.24) is 4.90 Å². The monoisotopic (exact) mass is 217 g/mol. The third-order valence-corrected chi connectivity index (χ3v) is 2.70. The average Bonchev–Trinajstić information content (AvgIpc) is 2.29. The molecule has 1 aromatic rings. The van der Waals surface area contributed by atoms with Crippen LogP contribution in [0, 0.1) is 6.92 Å². The normalized spacial score (nSPS) is 11.9. The molecule has 1 aromatic carbocycles. The summed E-state index contributed by atoms with van der Waals surface area (Å²) in [5.74, 6) is 0.0681. The summed E-state index contributed by atoms with van der Waals surface area (Å²) in [6.07, 6.45) is 1.79. The fourth-order valence-corrected chi connectivity index (χ4v) is 1.69. The second-order valence-electron chi connectivity index (χ2n) is 3.94.